The van der Waals surface area contributed by atoms with Crippen LogP contribution in [0.4, 0.5) is 21.6 Å². The van der Waals surface area contributed by atoms with Gasteiger partial charge in [0.2, 0.25) is 0 Å². The van der Waals surface area contributed by atoms with Gasteiger partial charge in [-0.25, -0.2) is 9.97 Å². The predicted octanol–water partition coefficient (Wildman–Crippen LogP) is 5.23. The number of hydrogen-bond acceptors (Lipinski definition) is 10. The molecule has 178 valence electrons. The SMILES string of the molecule is O=C(Nc1nc2ccc([N+](=O)[O-])cc2s1)c1ccc(C(=O)Nc2nc3ccc([N+](=O)[O-])cc3s2)cc1. The van der Waals surface area contributed by atoms with Gasteiger partial charge in [0.05, 0.1) is 30.3 Å². The zero-order chi connectivity index (χ0) is 25.4. The molecule has 0 aliphatic heterocycles. The zero-order valence-corrected chi connectivity index (χ0v) is 19.5. The number of amides is 2. The van der Waals surface area contributed by atoms with Crippen molar-refractivity contribution in [1.29, 1.82) is 0 Å². The van der Waals surface area contributed by atoms with Gasteiger partial charge in [0, 0.05) is 35.4 Å². The maximum Gasteiger partial charge on any atom is 0.270 e. The summed E-state index contributed by atoms with van der Waals surface area (Å²) < 4.78 is 1.13. The number of non-ortho nitro benzene ring substituents is 2. The molecule has 3 aromatic carbocycles. The number of nitro groups is 2. The highest BCUT2D eigenvalue weighted by Crippen LogP contribution is 2.30. The van der Waals surface area contributed by atoms with Gasteiger partial charge in [-0.1, -0.05) is 22.7 Å². The van der Waals surface area contributed by atoms with Crippen LogP contribution < -0.4 is 10.6 Å². The van der Waals surface area contributed by atoms with Crippen molar-refractivity contribution in [3.8, 4) is 0 Å². The molecule has 5 aromatic rings. The van der Waals surface area contributed by atoms with Crippen LogP contribution in [0.5, 0.6) is 0 Å². The lowest BCUT2D eigenvalue weighted by Crippen LogP contribution is -2.14. The van der Waals surface area contributed by atoms with E-state index >= 15 is 0 Å². The molecule has 0 unspecified atom stereocenters. The lowest BCUT2D eigenvalue weighted by molar-refractivity contribution is -0.384. The number of carbonyl (C=O) groups is 2. The maximum absolute atomic E-state index is 12.6. The van der Waals surface area contributed by atoms with Crippen molar-refractivity contribution in [2.45, 2.75) is 0 Å². The van der Waals surface area contributed by atoms with E-state index in [0.717, 1.165) is 22.7 Å². The van der Waals surface area contributed by atoms with Crippen LogP contribution in [-0.2, 0) is 0 Å². The van der Waals surface area contributed by atoms with Gasteiger partial charge in [0.1, 0.15) is 0 Å². The number of fused-ring (bicyclic) bond motifs is 2. The molecule has 0 saturated heterocycles. The highest BCUT2D eigenvalue weighted by molar-refractivity contribution is 7.22. The van der Waals surface area contributed by atoms with E-state index in [-0.39, 0.29) is 32.8 Å². The third kappa shape index (κ3) is 4.57. The summed E-state index contributed by atoms with van der Waals surface area (Å²) in [5.74, 6) is -0.911. The van der Waals surface area contributed by atoms with Gasteiger partial charge in [-0.2, -0.15) is 0 Å². The lowest BCUT2D eigenvalue weighted by atomic mass is 10.1. The molecule has 0 atom stereocenters. The Bertz CT molecular complexity index is 1570. The third-order valence-corrected chi connectivity index (χ3v) is 6.88. The van der Waals surface area contributed by atoms with Crippen molar-refractivity contribution in [3.05, 3.63) is 92.0 Å². The molecule has 0 saturated carbocycles. The molecule has 0 bridgehead atoms. The predicted molar refractivity (Wildman–Crippen MR) is 135 cm³/mol. The van der Waals surface area contributed by atoms with Gasteiger partial charge in [0.25, 0.3) is 23.2 Å². The molecule has 0 spiro atoms. The fraction of sp³-hybridized carbons (Fsp3) is 0. The fourth-order valence-electron chi connectivity index (χ4n) is 3.27. The Labute approximate surface area is 208 Å². The molecule has 2 heterocycles. The molecular formula is C22H12N6O6S2. The van der Waals surface area contributed by atoms with Gasteiger partial charge in [-0.3, -0.25) is 40.5 Å². The van der Waals surface area contributed by atoms with Crippen molar-refractivity contribution >= 4 is 76.6 Å². The van der Waals surface area contributed by atoms with Gasteiger partial charge in [0.15, 0.2) is 10.3 Å². The highest BCUT2D eigenvalue weighted by atomic mass is 32.1. The summed E-state index contributed by atoms with van der Waals surface area (Å²) in [5, 5.41) is 27.7. The van der Waals surface area contributed by atoms with Crippen molar-refractivity contribution in [2.75, 3.05) is 10.6 Å². The van der Waals surface area contributed by atoms with E-state index in [4.69, 9.17) is 0 Å². The normalized spacial score (nSPS) is 10.9. The second-order valence-electron chi connectivity index (χ2n) is 7.34. The van der Waals surface area contributed by atoms with Crippen LogP contribution >= 0.6 is 22.7 Å². The molecule has 2 N–H and O–H groups in total. The quantitative estimate of drug-likeness (QED) is 0.226. The van der Waals surface area contributed by atoms with Crippen LogP contribution in [0.3, 0.4) is 0 Å². The summed E-state index contributed by atoms with van der Waals surface area (Å²) in [6.07, 6.45) is 0. The van der Waals surface area contributed by atoms with E-state index < -0.39 is 21.7 Å². The summed E-state index contributed by atoms with van der Waals surface area (Å²) in [6.45, 7) is 0. The van der Waals surface area contributed by atoms with Crippen LogP contribution in [0.25, 0.3) is 20.4 Å². The summed E-state index contributed by atoms with van der Waals surface area (Å²) in [5.41, 5.74) is 1.48. The Kier molecular flexibility index (Phi) is 5.79. The van der Waals surface area contributed by atoms with Gasteiger partial charge in [-0.05, 0) is 36.4 Å². The van der Waals surface area contributed by atoms with E-state index in [1.807, 2.05) is 0 Å². The molecule has 36 heavy (non-hydrogen) atoms. The molecular weight excluding hydrogens is 508 g/mol. The number of nitrogens with one attached hydrogen (secondary N) is 2. The number of carbonyl (C=O) groups excluding carboxylic acids is 2. The Hall–Kier alpha value is -4.82. The fourth-order valence-corrected chi connectivity index (χ4v) is 5.06. The third-order valence-electron chi connectivity index (χ3n) is 5.02. The Morgan fingerprint density at radius 2 is 1.06 bits per heavy atom. The van der Waals surface area contributed by atoms with E-state index in [9.17, 15) is 29.8 Å². The monoisotopic (exact) mass is 520 g/mol. The maximum atomic E-state index is 12.6. The van der Waals surface area contributed by atoms with Crippen molar-refractivity contribution in [3.63, 3.8) is 0 Å². The number of nitrogens with zero attached hydrogens (tertiary/aromatic N) is 4. The molecule has 0 aliphatic rings. The zero-order valence-electron chi connectivity index (χ0n) is 17.8. The molecule has 2 aromatic heterocycles. The molecule has 0 aliphatic carbocycles. The number of aromatic nitrogens is 2. The topological polar surface area (TPSA) is 170 Å². The minimum atomic E-state index is -0.502. The van der Waals surface area contributed by atoms with Crippen LogP contribution in [0.2, 0.25) is 0 Å². The number of hydrogen-bond donors (Lipinski definition) is 2. The second kappa shape index (κ2) is 9.09. The van der Waals surface area contributed by atoms with E-state index in [0.29, 0.717) is 20.4 Å². The molecule has 2 amide bonds. The molecule has 0 fully saturated rings. The van der Waals surface area contributed by atoms with Crippen LogP contribution in [0, 0.1) is 20.2 Å². The smallest absolute Gasteiger partial charge is 0.270 e. The first kappa shape index (κ1) is 22.9. The first-order valence-electron chi connectivity index (χ1n) is 10.1. The summed E-state index contributed by atoms with van der Waals surface area (Å²) in [4.78, 5) is 54.6. The van der Waals surface area contributed by atoms with Gasteiger partial charge in [-0.15, -0.1) is 0 Å². The van der Waals surface area contributed by atoms with Gasteiger partial charge >= 0.3 is 0 Å². The average molecular weight is 521 g/mol. The van der Waals surface area contributed by atoms with Crippen molar-refractivity contribution < 1.29 is 19.4 Å². The Balaban J connectivity index is 1.26. The van der Waals surface area contributed by atoms with Crippen LogP contribution in [0.1, 0.15) is 20.7 Å². The van der Waals surface area contributed by atoms with Crippen LogP contribution in [-0.4, -0.2) is 31.6 Å². The molecule has 14 heteroatoms. The summed E-state index contributed by atoms with van der Waals surface area (Å²) >= 11 is 2.22. The Morgan fingerprint density at radius 1 is 0.667 bits per heavy atom. The van der Waals surface area contributed by atoms with Gasteiger partial charge < -0.3 is 0 Å². The van der Waals surface area contributed by atoms with Crippen molar-refractivity contribution in [1.82, 2.24) is 9.97 Å². The highest BCUT2D eigenvalue weighted by Gasteiger charge is 2.16. The minimum absolute atomic E-state index is 0.0648. The molecule has 0 radical (unpaired) electrons. The number of thiazole rings is 2. The van der Waals surface area contributed by atoms with Crippen LogP contribution in [0.15, 0.2) is 60.7 Å². The lowest BCUT2D eigenvalue weighted by Gasteiger charge is -2.04. The first-order valence-corrected chi connectivity index (χ1v) is 11.7. The summed E-state index contributed by atoms with van der Waals surface area (Å²) in [6, 6.07) is 14.4. The average Bonchev–Trinajstić information content (AvgIpc) is 3.45. The number of anilines is 2. The van der Waals surface area contributed by atoms with E-state index in [2.05, 4.69) is 20.6 Å². The molecule has 12 nitrogen and oxygen atoms in total. The number of rotatable bonds is 6. The summed E-state index contributed by atoms with van der Waals surface area (Å²) in [7, 11) is 0. The molecule has 5 rings (SSSR count). The Morgan fingerprint density at radius 3 is 1.42 bits per heavy atom. The standard InChI is InChI=1S/C22H12N6O6S2/c29-19(25-21-23-15-7-5-13(27(31)32)9-17(15)35-21)11-1-2-12(4-3-11)20(30)26-22-24-16-8-6-14(28(33)34)10-18(16)36-22/h1-10H,(H,23,25,29)(H,24,26,30). The second-order valence-corrected chi connectivity index (χ2v) is 9.40. The number of nitro benzene ring substituents is 2. The van der Waals surface area contributed by atoms with E-state index in [1.165, 1.54) is 60.7 Å². The number of benzene rings is 3. The minimum Gasteiger partial charge on any atom is -0.298 e. The van der Waals surface area contributed by atoms with Crippen molar-refractivity contribution in [2.24, 2.45) is 0 Å². The van der Waals surface area contributed by atoms with E-state index in [1.54, 1.807) is 0 Å². The largest absolute Gasteiger partial charge is 0.298 e. The first-order chi connectivity index (χ1) is 17.3.